The van der Waals surface area contributed by atoms with E-state index in [-0.39, 0.29) is 12.4 Å². The van der Waals surface area contributed by atoms with Crippen LogP contribution in [0.5, 0.6) is 0 Å². The maximum absolute atomic E-state index is 10.7. The summed E-state index contributed by atoms with van der Waals surface area (Å²) in [6, 6.07) is 0. The maximum atomic E-state index is 10.7. The van der Waals surface area contributed by atoms with Crippen molar-refractivity contribution in [2.75, 3.05) is 46.8 Å². The Kier molecular flexibility index (Phi) is 12.9. The molecule has 0 saturated carbocycles. The molecule has 5 nitrogen and oxygen atoms in total. The Labute approximate surface area is 103 Å². The van der Waals surface area contributed by atoms with Gasteiger partial charge in [0.1, 0.15) is 0 Å². The molecule has 0 fully saturated rings. The summed E-state index contributed by atoms with van der Waals surface area (Å²) in [6.45, 7) is 5.54. The smallest absolute Gasteiger partial charge is 0.307 e. The first kappa shape index (κ1) is 16.4. The number of ether oxygens (including phenoxy) is 4. The van der Waals surface area contributed by atoms with Crippen LogP contribution in [0.3, 0.4) is 0 Å². The molecule has 0 heterocycles. The number of hydrogen-bond acceptors (Lipinski definition) is 5. The molecular weight excluding hydrogens is 224 g/mol. The molecule has 0 N–H and O–H groups in total. The van der Waals surface area contributed by atoms with Crippen LogP contribution in [0.15, 0.2) is 0 Å². The molecule has 0 aliphatic carbocycles. The standard InChI is InChI=1S/C12H24O5/c1-3-4-6-15-8-10-17-11-9-16-7-5-12(13)14-2/h3-11H2,1-2H3. The minimum absolute atomic E-state index is 0.254. The molecular formula is C12H24O5. The minimum Gasteiger partial charge on any atom is -0.469 e. The fourth-order valence-electron chi connectivity index (χ4n) is 1.05. The Morgan fingerprint density at radius 3 is 1.94 bits per heavy atom. The Morgan fingerprint density at radius 1 is 0.882 bits per heavy atom. The number of hydrogen-bond donors (Lipinski definition) is 0. The third kappa shape index (κ3) is 13.3. The van der Waals surface area contributed by atoms with Crippen LogP contribution in [-0.2, 0) is 23.7 Å². The summed E-state index contributed by atoms with van der Waals surface area (Å²) in [5.74, 6) is -0.254. The van der Waals surface area contributed by atoms with Crippen LogP contribution in [0, 0.1) is 0 Å². The SMILES string of the molecule is CCCCOCCOCCOCCC(=O)OC. The van der Waals surface area contributed by atoms with E-state index in [0.717, 1.165) is 19.4 Å². The van der Waals surface area contributed by atoms with E-state index in [2.05, 4.69) is 11.7 Å². The second kappa shape index (κ2) is 13.4. The van der Waals surface area contributed by atoms with Crippen LogP contribution < -0.4 is 0 Å². The van der Waals surface area contributed by atoms with E-state index >= 15 is 0 Å². The van der Waals surface area contributed by atoms with E-state index in [9.17, 15) is 4.79 Å². The van der Waals surface area contributed by atoms with Crippen LogP contribution in [0.4, 0.5) is 0 Å². The molecule has 0 atom stereocenters. The van der Waals surface area contributed by atoms with Gasteiger partial charge in [0.15, 0.2) is 0 Å². The van der Waals surface area contributed by atoms with Gasteiger partial charge in [0.25, 0.3) is 0 Å². The topological polar surface area (TPSA) is 54.0 Å². The highest BCUT2D eigenvalue weighted by Crippen LogP contribution is 1.89. The maximum Gasteiger partial charge on any atom is 0.307 e. The lowest BCUT2D eigenvalue weighted by Gasteiger charge is -2.06. The third-order valence-electron chi connectivity index (χ3n) is 2.06. The zero-order valence-corrected chi connectivity index (χ0v) is 10.9. The highest BCUT2D eigenvalue weighted by molar-refractivity contribution is 5.69. The molecule has 17 heavy (non-hydrogen) atoms. The summed E-state index contributed by atoms with van der Waals surface area (Å²) in [7, 11) is 1.37. The average Bonchev–Trinajstić information content (AvgIpc) is 2.35. The zero-order valence-electron chi connectivity index (χ0n) is 10.9. The zero-order chi connectivity index (χ0) is 12.8. The van der Waals surface area contributed by atoms with Gasteiger partial charge in [-0.15, -0.1) is 0 Å². The van der Waals surface area contributed by atoms with Gasteiger partial charge in [0, 0.05) is 6.61 Å². The van der Waals surface area contributed by atoms with E-state index in [0.29, 0.717) is 33.0 Å². The van der Waals surface area contributed by atoms with Gasteiger partial charge in [0.2, 0.25) is 0 Å². The number of rotatable bonds is 12. The molecule has 102 valence electrons. The second-order valence-electron chi connectivity index (χ2n) is 3.52. The van der Waals surface area contributed by atoms with Crippen molar-refractivity contribution in [1.29, 1.82) is 0 Å². The molecule has 0 aromatic carbocycles. The molecule has 0 spiro atoms. The molecule has 0 aromatic heterocycles. The van der Waals surface area contributed by atoms with Crippen molar-refractivity contribution in [3.63, 3.8) is 0 Å². The summed E-state index contributed by atoms with van der Waals surface area (Å²) in [6.07, 6.45) is 2.53. The van der Waals surface area contributed by atoms with Crippen molar-refractivity contribution < 1.29 is 23.7 Å². The highest BCUT2D eigenvalue weighted by atomic mass is 16.5. The number of unbranched alkanes of at least 4 members (excludes halogenated alkanes) is 1. The third-order valence-corrected chi connectivity index (χ3v) is 2.06. The first-order valence-corrected chi connectivity index (χ1v) is 6.11. The van der Waals surface area contributed by atoms with Gasteiger partial charge in [0.05, 0.1) is 46.6 Å². The van der Waals surface area contributed by atoms with Crippen molar-refractivity contribution in [1.82, 2.24) is 0 Å². The molecule has 0 unspecified atom stereocenters. The summed E-state index contributed by atoms with van der Waals surface area (Å²) >= 11 is 0. The van der Waals surface area contributed by atoms with Crippen molar-refractivity contribution in [2.45, 2.75) is 26.2 Å². The van der Waals surface area contributed by atoms with Gasteiger partial charge in [-0.3, -0.25) is 4.79 Å². The number of methoxy groups -OCH3 is 1. The lowest BCUT2D eigenvalue weighted by Crippen LogP contribution is -2.12. The van der Waals surface area contributed by atoms with E-state index in [1.165, 1.54) is 7.11 Å². The number of carbonyl (C=O) groups excluding carboxylic acids is 1. The molecule has 0 bridgehead atoms. The lowest BCUT2D eigenvalue weighted by atomic mass is 10.4. The molecule has 0 aromatic rings. The predicted octanol–water partition coefficient (Wildman–Crippen LogP) is 1.40. The minimum atomic E-state index is -0.254. The summed E-state index contributed by atoms with van der Waals surface area (Å²) in [4.78, 5) is 10.7. The Bertz CT molecular complexity index is 172. The quantitative estimate of drug-likeness (QED) is 0.386. The van der Waals surface area contributed by atoms with Gasteiger partial charge in [-0.1, -0.05) is 13.3 Å². The predicted molar refractivity (Wildman–Crippen MR) is 64.0 cm³/mol. The summed E-state index contributed by atoms with van der Waals surface area (Å²) < 4.78 is 20.3. The van der Waals surface area contributed by atoms with Gasteiger partial charge in [-0.2, -0.15) is 0 Å². The first-order valence-electron chi connectivity index (χ1n) is 6.11. The van der Waals surface area contributed by atoms with E-state index < -0.39 is 0 Å². The molecule has 0 aliphatic heterocycles. The molecule has 5 heteroatoms. The highest BCUT2D eigenvalue weighted by Gasteiger charge is 1.98. The summed E-state index contributed by atoms with van der Waals surface area (Å²) in [5.41, 5.74) is 0. The van der Waals surface area contributed by atoms with Crippen LogP contribution in [0.25, 0.3) is 0 Å². The van der Waals surface area contributed by atoms with Gasteiger partial charge in [-0.25, -0.2) is 0 Å². The Balaban J connectivity index is 2.96. The Morgan fingerprint density at radius 2 is 1.41 bits per heavy atom. The Hall–Kier alpha value is -0.650. The molecule has 0 radical (unpaired) electrons. The lowest BCUT2D eigenvalue weighted by molar-refractivity contribution is -0.141. The average molecular weight is 248 g/mol. The van der Waals surface area contributed by atoms with Crippen molar-refractivity contribution in [3.05, 3.63) is 0 Å². The molecule has 0 aliphatic rings. The van der Waals surface area contributed by atoms with Crippen LogP contribution in [0.1, 0.15) is 26.2 Å². The van der Waals surface area contributed by atoms with Crippen LogP contribution >= 0.6 is 0 Å². The van der Waals surface area contributed by atoms with Crippen LogP contribution in [0.2, 0.25) is 0 Å². The van der Waals surface area contributed by atoms with E-state index in [4.69, 9.17) is 14.2 Å². The summed E-state index contributed by atoms with van der Waals surface area (Å²) in [5, 5.41) is 0. The van der Waals surface area contributed by atoms with Gasteiger partial charge >= 0.3 is 5.97 Å². The van der Waals surface area contributed by atoms with Crippen LogP contribution in [-0.4, -0.2) is 52.7 Å². The second-order valence-corrected chi connectivity index (χ2v) is 3.52. The van der Waals surface area contributed by atoms with Crippen molar-refractivity contribution >= 4 is 5.97 Å². The largest absolute Gasteiger partial charge is 0.469 e. The number of esters is 1. The molecule has 0 amide bonds. The van der Waals surface area contributed by atoms with Crippen molar-refractivity contribution in [3.8, 4) is 0 Å². The molecule has 0 rings (SSSR count). The number of carbonyl (C=O) groups is 1. The molecule has 0 saturated heterocycles. The van der Waals surface area contributed by atoms with Crippen molar-refractivity contribution in [2.24, 2.45) is 0 Å². The first-order chi connectivity index (χ1) is 8.31. The fraction of sp³-hybridized carbons (Fsp3) is 0.917. The van der Waals surface area contributed by atoms with E-state index in [1.54, 1.807) is 0 Å². The van der Waals surface area contributed by atoms with Gasteiger partial charge < -0.3 is 18.9 Å². The normalized spacial score (nSPS) is 10.5. The van der Waals surface area contributed by atoms with E-state index in [1.807, 2.05) is 0 Å². The fourth-order valence-corrected chi connectivity index (χ4v) is 1.05. The van der Waals surface area contributed by atoms with Gasteiger partial charge in [-0.05, 0) is 6.42 Å². The monoisotopic (exact) mass is 248 g/mol.